The van der Waals surface area contributed by atoms with Gasteiger partial charge in [0.25, 0.3) is 0 Å². The van der Waals surface area contributed by atoms with Crippen LogP contribution in [0.5, 0.6) is 0 Å². The van der Waals surface area contributed by atoms with Crippen LogP contribution in [0.25, 0.3) is 0 Å². The van der Waals surface area contributed by atoms with Crippen molar-refractivity contribution in [1.82, 2.24) is 5.32 Å². The Morgan fingerprint density at radius 1 is 1.14 bits per heavy atom. The molecule has 0 saturated carbocycles. The fourth-order valence-electron chi connectivity index (χ4n) is 3.00. The molecule has 0 atom stereocenters. The van der Waals surface area contributed by atoms with Crippen LogP contribution in [0.3, 0.4) is 0 Å². The lowest BCUT2D eigenvalue weighted by molar-refractivity contribution is 0.628. The molecule has 2 aromatic carbocycles. The van der Waals surface area contributed by atoms with Gasteiger partial charge in [0.2, 0.25) is 0 Å². The SMILES string of the molecule is CCNCc1ccc(N2CCc3ccc(F)cc32)c(C)c1. The predicted octanol–water partition coefficient (Wildman–Crippen LogP) is 3.94. The Morgan fingerprint density at radius 2 is 2.00 bits per heavy atom. The minimum atomic E-state index is -0.165. The van der Waals surface area contributed by atoms with Gasteiger partial charge in [0.15, 0.2) is 0 Å². The average Bonchev–Trinajstić information content (AvgIpc) is 2.88. The molecule has 2 nitrogen and oxygen atoms in total. The Labute approximate surface area is 125 Å². The lowest BCUT2D eigenvalue weighted by atomic mass is 10.1. The molecule has 1 aliphatic rings. The van der Waals surface area contributed by atoms with Gasteiger partial charge in [-0.25, -0.2) is 4.39 Å². The first-order valence-corrected chi connectivity index (χ1v) is 7.55. The van der Waals surface area contributed by atoms with Crippen molar-refractivity contribution in [2.45, 2.75) is 26.8 Å². The van der Waals surface area contributed by atoms with Gasteiger partial charge in [-0.05, 0) is 54.8 Å². The third kappa shape index (κ3) is 2.79. The summed E-state index contributed by atoms with van der Waals surface area (Å²) in [6, 6.07) is 11.6. The van der Waals surface area contributed by atoms with Gasteiger partial charge in [-0.15, -0.1) is 0 Å². The minimum absolute atomic E-state index is 0.165. The quantitative estimate of drug-likeness (QED) is 0.915. The van der Waals surface area contributed by atoms with Gasteiger partial charge < -0.3 is 10.2 Å². The topological polar surface area (TPSA) is 15.3 Å². The Hall–Kier alpha value is -1.87. The lowest BCUT2D eigenvalue weighted by Gasteiger charge is -2.22. The van der Waals surface area contributed by atoms with E-state index in [1.807, 2.05) is 6.07 Å². The maximum Gasteiger partial charge on any atom is 0.125 e. The first-order chi connectivity index (χ1) is 10.2. The fraction of sp³-hybridized carbons (Fsp3) is 0.333. The number of hydrogen-bond acceptors (Lipinski definition) is 2. The summed E-state index contributed by atoms with van der Waals surface area (Å²) in [6.45, 7) is 7.02. The highest BCUT2D eigenvalue weighted by molar-refractivity contribution is 5.72. The van der Waals surface area contributed by atoms with Crippen LogP contribution in [0.4, 0.5) is 15.8 Å². The van der Waals surface area contributed by atoms with E-state index in [2.05, 4.69) is 42.3 Å². The zero-order valence-corrected chi connectivity index (χ0v) is 12.6. The average molecular weight is 284 g/mol. The van der Waals surface area contributed by atoms with Gasteiger partial charge in [0, 0.05) is 24.5 Å². The highest BCUT2D eigenvalue weighted by Gasteiger charge is 2.22. The second-order valence-corrected chi connectivity index (χ2v) is 5.58. The molecule has 0 fully saturated rings. The molecule has 1 heterocycles. The number of aryl methyl sites for hydroxylation is 1. The lowest BCUT2D eigenvalue weighted by Crippen LogP contribution is -2.16. The van der Waals surface area contributed by atoms with Gasteiger partial charge in [-0.1, -0.05) is 25.1 Å². The Bertz CT molecular complexity index is 652. The van der Waals surface area contributed by atoms with Crippen LogP contribution in [-0.4, -0.2) is 13.1 Å². The van der Waals surface area contributed by atoms with Gasteiger partial charge in [-0.3, -0.25) is 0 Å². The van der Waals surface area contributed by atoms with Gasteiger partial charge in [0.05, 0.1) is 0 Å². The van der Waals surface area contributed by atoms with Gasteiger partial charge in [0.1, 0.15) is 5.82 Å². The number of anilines is 2. The van der Waals surface area contributed by atoms with E-state index in [-0.39, 0.29) is 5.82 Å². The monoisotopic (exact) mass is 284 g/mol. The van der Waals surface area contributed by atoms with Crippen molar-refractivity contribution in [2.24, 2.45) is 0 Å². The number of halogens is 1. The highest BCUT2D eigenvalue weighted by atomic mass is 19.1. The molecule has 2 aromatic rings. The number of nitrogens with zero attached hydrogens (tertiary/aromatic N) is 1. The molecule has 1 aliphatic heterocycles. The first-order valence-electron chi connectivity index (χ1n) is 7.55. The standard InChI is InChI=1S/C18H21FN2/c1-3-20-12-14-4-7-17(13(2)10-14)21-9-8-15-5-6-16(19)11-18(15)21/h4-7,10-11,20H,3,8-9,12H2,1-2H3. The van der Waals surface area contributed by atoms with E-state index in [0.29, 0.717) is 0 Å². The smallest absolute Gasteiger partial charge is 0.125 e. The van der Waals surface area contributed by atoms with Crippen molar-refractivity contribution >= 4 is 11.4 Å². The molecule has 0 bridgehead atoms. The van der Waals surface area contributed by atoms with Crippen molar-refractivity contribution < 1.29 is 4.39 Å². The molecular weight excluding hydrogens is 263 g/mol. The maximum absolute atomic E-state index is 13.5. The van der Waals surface area contributed by atoms with E-state index >= 15 is 0 Å². The first kappa shape index (κ1) is 14.1. The summed E-state index contributed by atoms with van der Waals surface area (Å²) >= 11 is 0. The molecule has 0 aliphatic carbocycles. The molecule has 0 saturated heterocycles. The molecule has 0 unspecified atom stereocenters. The molecule has 3 rings (SSSR count). The number of fused-ring (bicyclic) bond motifs is 1. The molecule has 21 heavy (non-hydrogen) atoms. The van der Waals surface area contributed by atoms with E-state index in [4.69, 9.17) is 0 Å². The molecule has 3 heteroatoms. The highest BCUT2D eigenvalue weighted by Crippen LogP contribution is 2.36. The molecule has 1 N–H and O–H groups in total. The Morgan fingerprint density at radius 3 is 2.76 bits per heavy atom. The van der Waals surface area contributed by atoms with E-state index in [1.165, 1.54) is 22.4 Å². The van der Waals surface area contributed by atoms with Crippen molar-refractivity contribution in [3.63, 3.8) is 0 Å². The summed E-state index contributed by atoms with van der Waals surface area (Å²) in [5.41, 5.74) is 5.95. The summed E-state index contributed by atoms with van der Waals surface area (Å²) in [5.74, 6) is -0.165. The maximum atomic E-state index is 13.5. The molecule has 110 valence electrons. The number of benzene rings is 2. The zero-order valence-electron chi connectivity index (χ0n) is 12.6. The van der Waals surface area contributed by atoms with Gasteiger partial charge in [-0.2, -0.15) is 0 Å². The van der Waals surface area contributed by atoms with Crippen LogP contribution in [0, 0.1) is 12.7 Å². The second-order valence-electron chi connectivity index (χ2n) is 5.58. The van der Waals surface area contributed by atoms with Crippen LogP contribution in [-0.2, 0) is 13.0 Å². The molecule has 0 amide bonds. The third-order valence-corrected chi connectivity index (χ3v) is 4.07. The summed E-state index contributed by atoms with van der Waals surface area (Å²) < 4.78 is 13.5. The number of nitrogens with one attached hydrogen (secondary N) is 1. The van der Waals surface area contributed by atoms with Crippen LogP contribution < -0.4 is 10.2 Å². The van der Waals surface area contributed by atoms with Crippen LogP contribution in [0.1, 0.15) is 23.6 Å². The predicted molar refractivity (Wildman–Crippen MR) is 85.7 cm³/mol. The van der Waals surface area contributed by atoms with Gasteiger partial charge >= 0.3 is 0 Å². The third-order valence-electron chi connectivity index (χ3n) is 4.07. The molecule has 0 spiro atoms. The Balaban J connectivity index is 1.91. The largest absolute Gasteiger partial charge is 0.341 e. The Kier molecular flexibility index (Phi) is 3.93. The van der Waals surface area contributed by atoms with Crippen molar-refractivity contribution in [2.75, 3.05) is 18.0 Å². The zero-order chi connectivity index (χ0) is 14.8. The molecular formula is C18H21FN2. The van der Waals surface area contributed by atoms with Crippen LogP contribution >= 0.6 is 0 Å². The molecule has 0 aromatic heterocycles. The van der Waals surface area contributed by atoms with Crippen molar-refractivity contribution in [3.05, 3.63) is 58.9 Å². The number of rotatable bonds is 4. The van der Waals surface area contributed by atoms with Crippen LogP contribution in [0.15, 0.2) is 36.4 Å². The van der Waals surface area contributed by atoms with E-state index < -0.39 is 0 Å². The van der Waals surface area contributed by atoms with Crippen molar-refractivity contribution in [3.8, 4) is 0 Å². The fourth-order valence-corrected chi connectivity index (χ4v) is 3.00. The van der Waals surface area contributed by atoms with E-state index in [9.17, 15) is 4.39 Å². The summed E-state index contributed by atoms with van der Waals surface area (Å²) in [4.78, 5) is 2.23. The van der Waals surface area contributed by atoms with Crippen molar-refractivity contribution in [1.29, 1.82) is 0 Å². The van der Waals surface area contributed by atoms with E-state index in [0.717, 1.165) is 31.7 Å². The summed E-state index contributed by atoms with van der Waals surface area (Å²) in [6.07, 6.45) is 0.980. The summed E-state index contributed by atoms with van der Waals surface area (Å²) in [5, 5.41) is 3.34. The molecule has 0 radical (unpaired) electrons. The van der Waals surface area contributed by atoms with Crippen LogP contribution in [0.2, 0.25) is 0 Å². The normalized spacial score (nSPS) is 13.6. The van der Waals surface area contributed by atoms with E-state index in [1.54, 1.807) is 12.1 Å². The summed E-state index contributed by atoms with van der Waals surface area (Å²) in [7, 11) is 0. The number of hydrogen-bond donors (Lipinski definition) is 1. The minimum Gasteiger partial charge on any atom is -0.341 e. The second kappa shape index (κ2) is 5.86.